The quantitative estimate of drug-likeness (QED) is 0.604. The molecule has 6 atom stereocenters. The number of hydrogen-bond donors (Lipinski definition) is 4. The Morgan fingerprint density at radius 2 is 1.62 bits per heavy atom. The van der Waals surface area contributed by atoms with E-state index in [1.165, 1.54) is 16.7 Å². The summed E-state index contributed by atoms with van der Waals surface area (Å²) in [6.45, 7) is 2.34. The lowest BCUT2D eigenvalue weighted by Gasteiger charge is -2.44. The molecule has 3 unspecified atom stereocenters. The van der Waals surface area contributed by atoms with E-state index in [1.807, 2.05) is 23.1 Å². The number of para-hydroxylation sites is 1. The lowest BCUT2D eigenvalue weighted by Crippen LogP contribution is -2.63. The Morgan fingerprint density at radius 1 is 0.931 bits per heavy atom. The van der Waals surface area contributed by atoms with Gasteiger partial charge in [-0.05, 0) is 35.6 Å². The molecule has 6 heteroatoms. The lowest BCUT2D eigenvalue weighted by molar-refractivity contribution is -0.228. The average molecular weight is 399 g/mol. The van der Waals surface area contributed by atoms with E-state index in [4.69, 9.17) is 4.74 Å². The molecule has 1 saturated heterocycles. The minimum absolute atomic E-state index is 0.214. The molecule has 0 spiro atoms. The zero-order chi connectivity index (χ0) is 20.5. The van der Waals surface area contributed by atoms with Gasteiger partial charge >= 0.3 is 0 Å². The van der Waals surface area contributed by atoms with Gasteiger partial charge in [0.2, 0.25) is 0 Å². The van der Waals surface area contributed by atoms with Crippen molar-refractivity contribution in [2.24, 2.45) is 0 Å². The number of anilines is 1. The van der Waals surface area contributed by atoms with Gasteiger partial charge in [0.1, 0.15) is 24.4 Å². The molecule has 1 fully saturated rings. The number of nitrogens with zero attached hydrogens (tertiary/aromatic N) is 1. The minimum Gasteiger partial charge on any atom is -0.394 e. The van der Waals surface area contributed by atoms with Gasteiger partial charge < -0.3 is 30.1 Å². The number of aliphatic hydroxyl groups is 4. The van der Waals surface area contributed by atoms with Crippen LogP contribution in [-0.2, 0) is 17.6 Å². The summed E-state index contributed by atoms with van der Waals surface area (Å²) in [4.78, 5) is 1.95. The number of hydrogen-bond acceptors (Lipinski definition) is 6. The van der Waals surface area contributed by atoms with E-state index in [9.17, 15) is 20.4 Å². The SMILES string of the molecule is CCc1ccc(CC2CN(C3OC(CO)[C@@H](O)[C@H](O)[C@H]3O)c3ccccc32)cc1. The van der Waals surface area contributed by atoms with Gasteiger partial charge in [-0.15, -0.1) is 0 Å². The molecule has 0 aliphatic carbocycles. The van der Waals surface area contributed by atoms with Gasteiger partial charge in [-0.2, -0.15) is 0 Å². The molecule has 29 heavy (non-hydrogen) atoms. The van der Waals surface area contributed by atoms with Crippen molar-refractivity contribution in [3.63, 3.8) is 0 Å². The van der Waals surface area contributed by atoms with Crippen molar-refractivity contribution in [2.45, 2.75) is 56.3 Å². The Balaban J connectivity index is 1.59. The Kier molecular flexibility index (Phi) is 5.90. The fourth-order valence-corrected chi connectivity index (χ4v) is 4.48. The van der Waals surface area contributed by atoms with Crippen molar-refractivity contribution in [1.29, 1.82) is 0 Å². The number of fused-ring (bicyclic) bond motifs is 1. The van der Waals surface area contributed by atoms with Gasteiger partial charge in [-0.3, -0.25) is 0 Å². The first kappa shape index (κ1) is 20.3. The maximum Gasteiger partial charge on any atom is 0.159 e. The first-order valence-electron chi connectivity index (χ1n) is 10.3. The van der Waals surface area contributed by atoms with Crippen LogP contribution in [0.4, 0.5) is 5.69 Å². The van der Waals surface area contributed by atoms with Crippen LogP contribution in [-0.4, -0.2) is 64.2 Å². The second-order valence-electron chi connectivity index (χ2n) is 8.00. The van der Waals surface area contributed by atoms with Crippen molar-refractivity contribution in [2.75, 3.05) is 18.1 Å². The molecule has 2 heterocycles. The number of aryl methyl sites for hydroxylation is 1. The van der Waals surface area contributed by atoms with Crippen LogP contribution in [0.1, 0.15) is 29.5 Å². The van der Waals surface area contributed by atoms with E-state index in [0.29, 0.717) is 6.54 Å². The van der Waals surface area contributed by atoms with Crippen LogP contribution in [0.15, 0.2) is 48.5 Å². The van der Waals surface area contributed by atoms with Crippen LogP contribution in [0.5, 0.6) is 0 Å². The standard InChI is InChI=1S/C23H29NO5/c1-2-14-7-9-15(10-8-14)11-16-12-24(18-6-4-3-5-17(16)18)23-22(28)21(27)20(26)19(13-25)29-23/h3-10,16,19-23,25-28H,2,11-13H2,1H3/t16?,19?,20-,21+,22-,23?/m1/s1. The molecule has 156 valence electrons. The molecule has 2 aliphatic rings. The van der Waals surface area contributed by atoms with Gasteiger partial charge in [0.15, 0.2) is 6.23 Å². The molecule has 0 radical (unpaired) electrons. The third kappa shape index (κ3) is 3.79. The second-order valence-corrected chi connectivity index (χ2v) is 8.00. The predicted octanol–water partition coefficient (Wildman–Crippen LogP) is 1.20. The normalized spacial score (nSPS) is 31.7. The van der Waals surface area contributed by atoms with E-state index < -0.39 is 37.3 Å². The summed E-state index contributed by atoms with van der Waals surface area (Å²) in [5.41, 5.74) is 4.68. The molecule has 2 aliphatic heterocycles. The molecule has 2 aromatic carbocycles. The van der Waals surface area contributed by atoms with E-state index in [-0.39, 0.29) is 5.92 Å². The largest absolute Gasteiger partial charge is 0.394 e. The van der Waals surface area contributed by atoms with Crippen LogP contribution in [0.2, 0.25) is 0 Å². The summed E-state index contributed by atoms with van der Waals surface area (Å²) in [6.07, 6.45) is -3.88. The molecule has 0 bridgehead atoms. The molecule has 6 nitrogen and oxygen atoms in total. The molecule has 4 N–H and O–H groups in total. The van der Waals surface area contributed by atoms with Crippen LogP contribution in [0.25, 0.3) is 0 Å². The predicted molar refractivity (Wildman–Crippen MR) is 110 cm³/mol. The maximum atomic E-state index is 10.6. The van der Waals surface area contributed by atoms with Gasteiger partial charge in [-0.1, -0.05) is 49.4 Å². The summed E-state index contributed by atoms with van der Waals surface area (Å²) >= 11 is 0. The van der Waals surface area contributed by atoms with Crippen molar-refractivity contribution >= 4 is 5.69 Å². The monoisotopic (exact) mass is 399 g/mol. The summed E-state index contributed by atoms with van der Waals surface area (Å²) in [7, 11) is 0. The molecule has 0 aromatic heterocycles. The highest BCUT2D eigenvalue weighted by Gasteiger charge is 2.47. The van der Waals surface area contributed by atoms with Crippen molar-refractivity contribution in [3.05, 3.63) is 65.2 Å². The zero-order valence-corrected chi connectivity index (χ0v) is 16.6. The van der Waals surface area contributed by atoms with Crippen molar-refractivity contribution in [1.82, 2.24) is 0 Å². The molecule has 0 saturated carbocycles. The molecule has 0 amide bonds. The number of aliphatic hydroxyl groups excluding tert-OH is 4. The maximum absolute atomic E-state index is 10.6. The molecular formula is C23H29NO5. The smallest absolute Gasteiger partial charge is 0.159 e. The van der Waals surface area contributed by atoms with Gasteiger partial charge in [0.25, 0.3) is 0 Å². The number of ether oxygens (including phenoxy) is 1. The third-order valence-electron chi connectivity index (χ3n) is 6.19. The fourth-order valence-electron chi connectivity index (χ4n) is 4.48. The molecular weight excluding hydrogens is 370 g/mol. The topological polar surface area (TPSA) is 93.4 Å². The highest BCUT2D eigenvalue weighted by atomic mass is 16.6. The second kappa shape index (κ2) is 8.42. The average Bonchev–Trinajstić information content (AvgIpc) is 3.11. The first-order chi connectivity index (χ1) is 14.0. The van der Waals surface area contributed by atoms with Crippen LogP contribution >= 0.6 is 0 Å². The summed E-state index contributed by atoms with van der Waals surface area (Å²) in [5, 5.41) is 40.4. The van der Waals surface area contributed by atoms with Gasteiger partial charge in [0, 0.05) is 18.2 Å². The van der Waals surface area contributed by atoms with Gasteiger partial charge in [-0.25, -0.2) is 0 Å². The van der Waals surface area contributed by atoms with Crippen LogP contribution < -0.4 is 4.90 Å². The van der Waals surface area contributed by atoms with Crippen molar-refractivity contribution in [3.8, 4) is 0 Å². The highest BCUT2D eigenvalue weighted by Crippen LogP contribution is 2.41. The molecule has 4 rings (SSSR count). The summed E-state index contributed by atoms with van der Waals surface area (Å²) in [6, 6.07) is 16.7. The van der Waals surface area contributed by atoms with Crippen LogP contribution in [0.3, 0.4) is 0 Å². The van der Waals surface area contributed by atoms with E-state index >= 15 is 0 Å². The lowest BCUT2D eigenvalue weighted by atomic mass is 9.93. The summed E-state index contributed by atoms with van der Waals surface area (Å²) in [5.74, 6) is 0.214. The van der Waals surface area contributed by atoms with Crippen LogP contribution in [0, 0.1) is 0 Å². The van der Waals surface area contributed by atoms with Crippen molar-refractivity contribution < 1.29 is 25.2 Å². The number of benzene rings is 2. The van der Waals surface area contributed by atoms with Gasteiger partial charge in [0.05, 0.1) is 6.61 Å². The minimum atomic E-state index is -1.38. The number of rotatable bonds is 5. The first-order valence-corrected chi connectivity index (χ1v) is 10.3. The Labute approximate surface area is 171 Å². The summed E-state index contributed by atoms with van der Waals surface area (Å²) < 4.78 is 5.82. The highest BCUT2D eigenvalue weighted by molar-refractivity contribution is 5.61. The fraction of sp³-hybridized carbons (Fsp3) is 0.478. The van der Waals surface area contributed by atoms with E-state index in [0.717, 1.165) is 18.5 Å². The third-order valence-corrected chi connectivity index (χ3v) is 6.19. The zero-order valence-electron chi connectivity index (χ0n) is 16.6. The Morgan fingerprint density at radius 3 is 2.31 bits per heavy atom. The molecule has 2 aromatic rings. The van der Waals surface area contributed by atoms with E-state index in [2.05, 4.69) is 37.3 Å². The Bertz CT molecular complexity index is 824. The Hall–Kier alpha value is -1.96. The van der Waals surface area contributed by atoms with E-state index in [1.54, 1.807) is 0 Å².